The van der Waals surface area contributed by atoms with Crippen LogP contribution < -0.4 is 10.6 Å². The number of anilines is 3. The van der Waals surface area contributed by atoms with Crippen LogP contribution in [0.3, 0.4) is 0 Å². The van der Waals surface area contributed by atoms with Gasteiger partial charge in [0.2, 0.25) is 5.95 Å². The van der Waals surface area contributed by atoms with Crippen molar-refractivity contribution < 1.29 is 9.90 Å². The summed E-state index contributed by atoms with van der Waals surface area (Å²) in [6.07, 6.45) is 5.12. The number of amides is 1. The lowest BCUT2D eigenvalue weighted by Crippen LogP contribution is -2.43. The number of benzene rings is 2. The molecule has 1 aliphatic rings. The molecule has 3 N–H and O–H groups in total. The summed E-state index contributed by atoms with van der Waals surface area (Å²) in [6.45, 7) is 12.9. The van der Waals surface area contributed by atoms with Crippen molar-refractivity contribution in [1.29, 1.82) is 0 Å². The lowest BCUT2D eigenvalue weighted by molar-refractivity contribution is 0.0577. The Hall–Kier alpha value is -4.56. The molecule has 2 aromatic carbocycles. The van der Waals surface area contributed by atoms with E-state index < -0.39 is 5.60 Å². The second kappa shape index (κ2) is 13.4. The van der Waals surface area contributed by atoms with Crippen LogP contribution in [-0.2, 0) is 13.1 Å². The number of likely N-dealkylation sites (N-methyl/N-ethyl adjacent to an activating group) is 1. The van der Waals surface area contributed by atoms with Crippen LogP contribution in [0.15, 0.2) is 61.1 Å². The zero-order valence-corrected chi connectivity index (χ0v) is 26.1. The number of rotatable bonds is 8. The van der Waals surface area contributed by atoms with E-state index in [2.05, 4.69) is 66.5 Å². The van der Waals surface area contributed by atoms with Gasteiger partial charge in [-0.25, -0.2) is 9.97 Å². The van der Waals surface area contributed by atoms with Crippen molar-refractivity contribution in [3.63, 3.8) is 0 Å². The standard InChI is InChI=1S/C34H40N8O2/c1-24-6-10-29(32(43)37-30-12-8-26(9-13-30)21-41-16-14-40(5)15-17-41)18-28(24)11-7-27-19-35-33(36-20-27)38-31-22-42(39-25(31)2)23-34(3,4)44/h6,8-10,12-13,18-20,22,44H,14-17,21,23H2,1-5H3,(H,37,43)(H,35,36,38). The van der Waals surface area contributed by atoms with E-state index >= 15 is 0 Å². The van der Waals surface area contributed by atoms with Gasteiger partial charge in [0.15, 0.2) is 0 Å². The number of carbonyl (C=O) groups excluding carboxylic acids is 1. The van der Waals surface area contributed by atoms with E-state index in [0.717, 1.165) is 60.9 Å². The molecule has 1 saturated heterocycles. The van der Waals surface area contributed by atoms with E-state index in [0.29, 0.717) is 23.6 Å². The molecular weight excluding hydrogens is 552 g/mol. The molecule has 10 heteroatoms. The number of nitrogens with zero attached hydrogens (tertiary/aromatic N) is 6. The highest BCUT2D eigenvalue weighted by molar-refractivity contribution is 6.04. The highest BCUT2D eigenvalue weighted by atomic mass is 16.3. The minimum absolute atomic E-state index is 0.181. The first-order valence-corrected chi connectivity index (χ1v) is 14.8. The summed E-state index contributed by atoms with van der Waals surface area (Å²) in [5.41, 5.74) is 5.59. The Morgan fingerprint density at radius 2 is 1.70 bits per heavy atom. The van der Waals surface area contributed by atoms with Crippen LogP contribution in [0.1, 0.15) is 52.2 Å². The van der Waals surface area contributed by atoms with E-state index in [1.807, 2.05) is 50.4 Å². The predicted molar refractivity (Wildman–Crippen MR) is 173 cm³/mol. The molecule has 10 nitrogen and oxygen atoms in total. The molecule has 44 heavy (non-hydrogen) atoms. The Morgan fingerprint density at radius 1 is 1.00 bits per heavy atom. The zero-order valence-electron chi connectivity index (χ0n) is 26.1. The molecule has 2 aromatic heterocycles. The fourth-order valence-electron chi connectivity index (χ4n) is 4.89. The molecule has 5 rings (SSSR count). The summed E-state index contributed by atoms with van der Waals surface area (Å²) in [7, 11) is 2.16. The van der Waals surface area contributed by atoms with Crippen LogP contribution in [-0.4, -0.2) is 79.4 Å². The smallest absolute Gasteiger partial charge is 0.255 e. The van der Waals surface area contributed by atoms with Crippen molar-refractivity contribution >= 4 is 23.2 Å². The fourth-order valence-corrected chi connectivity index (χ4v) is 4.89. The van der Waals surface area contributed by atoms with Crippen LogP contribution in [0, 0.1) is 25.7 Å². The molecule has 0 bridgehead atoms. The van der Waals surface area contributed by atoms with E-state index in [-0.39, 0.29) is 5.91 Å². The van der Waals surface area contributed by atoms with Gasteiger partial charge >= 0.3 is 0 Å². The van der Waals surface area contributed by atoms with Gasteiger partial charge in [-0.15, -0.1) is 0 Å². The summed E-state index contributed by atoms with van der Waals surface area (Å²) < 4.78 is 1.69. The third-order valence-corrected chi connectivity index (χ3v) is 7.45. The molecule has 0 unspecified atom stereocenters. The van der Waals surface area contributed by atoms with E-state index in [9.17, 15) is 9.90 Å². The van der Waals surface area contributed by atoms with Gasteiger partial charge in [0.1, 0.15) is 0 Å². The number of piperazine rings is 1. The lowest BCUT2D eigenvalue weighted by atomic mass is 10.0. The molecule has 1 aliphatic heterocycles. The first-order chi connectivity index (χ1) is 21.0. The minimum atomic E-state index is -0.870. The summed E-state index contributed by atoms with van der Waals surface area (Å²) in [4.78, 5) is 26.6. The molecule has 4 aromatic rings. The maximum Gasteiger partial charge on any atom is 0.255 e. The molecule has 0 aliphatic carbocycles. The largest absolute Gasteiger partial charge is 0.389 e. The third-order valence-electron chi connectivity index (χ3n) is 7.45. The third kappa shape index (κ3) is 8.51. The average Bonchev–Trinajstić information content (AvgIpc) is 3.31. The van der Waals surface area contributed by atoms with Crippen molar-refractivity contribution in [2.24, 2.45) is 0 Å². The molecule has 0 radical (unpaired) electrons. The second-order valence-electron chi connectivity index (χ2n) is 12.1. The summed E-state index contributed by atoms with van der Waals surface area (Å²) >= 11 is 0. The van der Waals surface area contributed by atoms with Crippen molar-refractivity contribution in [3.05, 3.63) is 94.6 Å². The van der Waals surface area contributed by atoms with E-state index in [1.54, 1.807) is 30.9 Å². The highest BCUT2D eigenvalue weighted by Gasteiger charge is 2.16. The number of hydrogen-bond donors (Lipinski definition) is 3. The number of aryl methyl sites for hydroxylation is 2. The molecular formula is C34H40N8O2. The Morgan fingerprint density at radius 3 is 2.39 bits per heavy atom. The molecule has 228 valence electrons. The van der Waals surface area contributed by atoms with Gasteiger partial charge in [-0.3, -0.25) is 14.4 Å². The SMILES string of the molecule is Cc1ccc(C(=O)Nc2ccc(CN3CCN(C)CC3)cc2)cc1C#Cc1cnc(Nc2cn(CC(C)(C)O)nc2C)nc1. The zero-order chi connectivity index (χ0) is 31.3. The number of nitrogens with one attached hydrogen (secondary N) is 2. The Balaban J connectivity index is 1.19. The van der Waals surface area contributed by atoms with Crippen LogP contribution in [0.25, 0.3) is 0 Å². The van der Waals surface area contributed by atoms with Crippen molar-refractivity contribution in [2.45, 2.75) is 46.4 Å². The maximum absolute atomic E-state index is 13.0. The molecule has 3 heterocycles. The number of aliphatic hydroxyl groups is 1. The second-order valence-corrected chi connectivity index (χ2v) is 12.1. The molecule has 1 amide bonds. The highest BCUT2D eigenvalue weighted by Crippen LogP contribution is 2.19. The number of carbonyl (C=O) groups is 1. The summed E-state index contributed by atoms with van der Waals surface area (Å²) in [5.74, 6) is 6.51. The van der Waals surface area contributed by atoms with Crippen LogP contribution >= 0.6 is 0 Å². The van der Waals surface area contributed by atoms with Gasteiger partial charge in [0, 0.05) is 68.1 Å². The summed E-state index contributed by atoms with van der Waals surface area (Å²) in [5, 5.41) is 20.7. The lowest BCUT2D eigenvalue weighted by Gasteiger charge is -2.32. The van der Waals surface area contributed by atoms with Crippen molar-refractivity contribution in [2.75, 3.05) is 43.9 Å². The van der Waals surface area contributed by atoms with Crippen LogP contribution in [0.5, 0.6) is 0 Å². The summed E-state index contributed by atoms with van der Waals surface area (Å²) in [6, 6.07) is 13.6. The first kappa shape index (κ1) is 30.9. The quantitative estimate of drug-likeness (QED) is 0.261. The van der Waals surface area contributed by atoms with Gasteiger partial charge in [0.25, 0.3) is 5.91 Å². The Labute approximate surface area is 259 Å². The molecule has 0 saturated carbocycles. The normalized spacial score (nSPS) is 14.1. The predicted octanol–water partition coefficient (Wildman–Crippen LogP) is 4.20. The van der Waals surface area contributed by atoms with Gasteiger partial charge in [-0.05, 0) is 70.1 Å². The van der Waals surface area contributed by atoms with Crippen LogP contribution in [0.2, 0.25) is 0 Å². The number of aromatic nitrogens is 4. The molecule has 1 fully saturated rings. The Kier molecular flexibility index (Phi) is 9.40. The maximum atomic E-state index is 13.0. The van der Waals surface area contributed by atoms with Crippen molar-refractivity contribution in [1.82, 2.24) is 29.5 Å². The Bertz CT molecular complexity index is 1650. The van der Waals surface area contributed by atoms with Gasteiger partial charge in [-0.1, -0.05) is 30.0 Å². The monoisotopic (exact) mass is 592 g/mol. The fraction of sp³-hybridized carbons (Fsp3) is 0.353. The van der Waals surface area contributed by atoms with Gasteiger partial charge in [-0.2, -0.15) is 5.10 Å². The molecule has 0 atom stereocenters. The van der Waals surface area contributed by atoms with Crippen LogP contribution in [0.4, 0.5) is 17.3 Å². The minimum Gasteiger partial charge on any atom is -0.389 e. The van der Waals surface area contributed by atoms with E-state index in [1.165, 1.54) is 5.56 Å². The van der Waals surface area contributed by atoms with E-state index in [4.69, 9.17) is 0 Å². The molecule has 0 spiro atoms. The topological polar surface area (TPSA) is 111 Å². The van der Waals surface area contributed by atoms with Gasteiger partial charge in [0.05, 0.1) is 29.1 Å². The first-order valence-electron chi connectivity index (χ1n) is 14.8. The number of hydrogen-bond acceptors (Lipinski definition) is 8. The average molecular weight is 593 g/mol. The van der Waals surface area contributed by atoms with Crippen molar-refractivity contribution in [3.8, 4) is 11.8 Å². The van der Waals surface area contributed by atoms with Gasteiger partial charge < -0.3 is 20.6 Å².